The standard InChI is InChI=1S/C18H15N3O7/c1-26-18(25)11-7-21(6-10-16(11)19-20-17(10)24)12(5-15(22)23)9-2-3-13-14(4-9)28-8-27-13/h2-4,6-7,12H,5,8H2,1H3,(H,20,24)(H,22,23). The fourth-order valence-corrected chi connectivity index (χ4v) is 3.18. The van der Waals surface area contributed by atoms with Gasteiger partial charge in [0, 0.05) is 12.4 Å². The van der Waals surface area contributed by atoms with Crippen LogP contribution in [0, 0.1) is 0 Å². The Kier molecular flexibility index (Phi) is 4.22. The largest absolute Gasteiger partial charge is 0.481 e. The minimum atomic E-state index is -1.05. The summed E-state index contributed by atoms with van der Waals surface area (Å²) in [4.78, 5) is 35.8. The molecule has 0 aliphatic carbocycles. The van der Waals surface area contributed by atoms with Gasteiger partial charge >= 0.3 is 11.9 Å². The van der Waals surface area contributed by atoms with Crippen LogP contribution in [-0.4, -0.2) is 45.7 Å². The summed E-state index contributed by atoms with van der Waals surface area (Å²) in [5.74, 6) is -0.684. The first-order chi connectivity index (χ1) is 13.5. The van der Waals surface area contributed by atoms with Crippen molar-refractivity contribution in [2.45, 2.75) is 12.5 Å². The molecule has 1 atom stereocenters. The van der Waals surface area contributed by atoms with Crippen LogP contribution in [0.15, 0.2) is 35.4 Å². The number of hydrogen-bond donors (Lipinski definition) is 2. The van der Waals surface area contributed by atoms with Crippen molar-refractivity contribution < 1.29 is 28.9 Å². The molecule has 4 rings (SSSR count). The second-order valence-electron chi connectivity index (χ2n) is 6.15. The summed E-state index contributed by atoms with van der Waals surface area (Å²) < 4.78 is 16.9. The molecule has 10 nitrogen and oxygen atoms in total. The van der Waals surface area contributed by atoms with Crippen molar-refractivity contribution in [1.29, 1.82) is 0 Å². The maximum Gasteiger partial charge on any atom is 0.341 e. The molecule has 0 saturated carbocycles. The molecule has 1 aromatic carbocycles. The Morgan fingerprint density at radius 1 is 1.32 bits per heavy atom. The summed E-state index contributed by atoms with van der Waals surface area (Å²) in [6.07, 6.45) is 2.60. The van der Waals surface area contributed by atoms with Gasteiger partial charge in [-0.1, -0.05) is 6.07 Å². The number of aromatic amines is 1. The van der Waals surface area contributed by atoms with E-state index in [0.717, 1.165) is 0 Å². The highest BCUT2D eigenvalue weighted by atomic mass is 16.7. The zero-order valence-electron chi connectivity index (χ0n) is 14.7. The average molecular weight is 385 g/mol. The average Bonchev–Trinajstić information content (AvgIpc) is 3.31. The van der Waals surface area contributed by atoms with Gasteiger partial charge in [0.25, 0.3) is 5.56 Å². The normalized spacial score (nSPS) is 13.5. The van der Waals surface area contributed by atoms with Gasteiger partial charge in [-0.3, -0.25) is 9.59 Å². The van der Waals surface area contributed by atoms with Gasteiger partial charge in [0.1, 0.15) is 11.3 Å². The van der Waals surface area contributed by atoms with Gasteiger partial charge in [-0.25, -0.2) is 9.89 Å². The lowest BCUT2D eigenvalue weighted by atomic mass is 10.0. The van der Waals surface area contributed by atoms with E-state index in [4.69, 9.17) is 14.2 Å². The van der Waals surface area contributed by atoms with Gasteiger partial charge in [0.05, 0.1) is 25.1 Å². The third-order valence-electron chi connectivity index (χ3n) is 4.50. The number of pyridine rings is 1. The van der Waals surface area contributed by atoms with Gasteiger partial charge in [0.15, 0.2) is 11.5 Å². The molecule has 1 unspecified atom stereocenters. The number of methoxy groups -OCH3 is 1. The molecule has 0 bridgehead atoms. The van der Waals surface area contributed by atoms with E-state index in [1.165, 1.54) is 24.1 Å². The van der Waals surface area contributed by atoms with Crippen LogP contribution in [-0.2, 0) is 9.53 Å². The lowest BCUT2D eigenvalue weighted by molar-refractivity contribution is -0.137. The van der Waals surface area contributed by atoms with Crippen molar-refractivity contribution >= 4 is 11.9 Å². The van der Waals surface area contributed by atoms with Crippen LogP contribution in [0.2, 0.25) is 0 Å². The number of carboxylic acids is 1. The number of aromatic nitrogens is 3. The first-order valence-corrected chi connectivity index (χ1v) is 8.27. The third-order valence-corrected chi connectivity index (χ3v) is 4.50. The minimum Gasteiger partial charge on any atom is -0.481 e. The number of nitrogens with zero attached hydrogens (tertiary/aromatic N) is 2. The van der Waals surface area contributed by atoms with E-state index in [9.17, 15) is 19.5 Å². The van der Waals surface area contributed by atoms with Crippen LogP contribution < -0.4 is 15.0 Å². The van der Waals surface area contributed by atoms with Crippen LogP contribution in [0.3, 0.4) is 0 Å². The molecule has 0 spiro atoms. The lowest BCUT2D eigenvalue weighted by Gasteiger charge is -2.21. The number of aliphatic carboxylic acids is 1. The van der Waals surface area contributed by atoms with E-state index in [0.29, 0.717) is 17.1 Å². The first-order valence-electron chi connectivity index (χ1n) is 8.27. The molecular formula is C18H15N3O7. The molecule has 1 aromatic rings. The number of fused-ring (bicyclic) bond motifs is 2. The van der Waals surface area contributed by atoms with Crippen LogP contribution in [0.25, 0.3) is 11.3 Å². The van der Waals surface area contributed by atoms with E-state index >= 15 is 0 Å². The smallest absolute Gasteiger partial charge is 0.341 e. The Bertz CT molecular complexity index is 1100. The van der Waals surface area contributed by atoms with Crippen LogP contribution in [0.5, 0.6) is 11.5 Å². The van der Waals surface area contributed by atoms with Crippen molar-refractivity contribution in [1.82, 2.24) is 14.8 Å². The summed E-state index contributed by atoms with van der Waals surface area (Å²) in [6.45, 7) is 0.0858. The van der Waals surface area contributed by atoms with E-state index in [1.807, 2.05) is 0 Å². The van der Waals surface area contributed by atoms with Crippen molar-refractivity contribution in [2.75, 3.05) is 13.9 Å². The number of nitrogens with one attached hydrogen (secondary N) is 1. The molecule has 0 saturated heterocycles. The fourth-order valence-electron chi connectivity index (χ4n) is 3.18. The number of carbonyl (C=O) groups is 2. The van der Waals surface area contributed by atoms with E-state index in [2.05, 4.69) is 10.2 Å². The SMILES string of the molecule is COC(=O)c1cn(C(CC(=O)O)c2ccc3c(c2)OCO3)cc2c(=O)[nH]nc1-2. The number of hydrogen-bond acceptors (Lipinski definition) is 7. The maximum atomic E-state index is 12.2. The summed E-state index contributed by atoms with van der Waals surface area (Å²) >= 11 is 0. The summed E-state index contributed by atoms with van der Waals surface area (Å²) in [5.41, 5.74) is 0.485. The predicted octanol–water partition coefficient (Wildman–Crippen LogP) is 1.26. The Morgan fingerprint density at radius 3 is 2.86 bits per heavy atom. The molecule has 0 fully saturated rings. The number of benzene rings is 1. The molecule has 3 aliphatic rings. The number of ether oxygens (including phenoxy) is 3. The topological polar surface area (TPSA) is 133 Å². The Morgan fingerprint density at radius 2 is 2.11 bits per heavy atom. The van der Waals surface area contributed by atoms with E-state index < -0.39 is 23.5 Å². The van der Waals surface area contributed by atoms with Crippen LogP contribution in [0.4, 0.5) is 0 Å². The molecule has 144 valence electrons. The van der Waals surface area contributed by atoms with E-state index in [1.54, 1.807) is 18.2 Å². The van der Waals surface area contributed by atoms with Crippen molar-refractivity contribution in [2.24, 2.45) is 0 Å². The van der Waals surface area contributed by atoms with Crippen molar-refractivity contribution in [3.05, 3.63) is 52.1 Å². The molecule has 3 aliphatic heterocycles. The molecular weight excluding hydrogens is 370 g/mol. The molecule has 2 N–H and O–H groups in total. The monoisotopic (exact) mass is 385 g/mol. The van der Waals surface area contributed by atoms with E-state index in [-0.39, 0.29) is 30.0 Å². The minimum absolute atomic E-state index is 0.0504. The second-order valence-corrected chi connectivity index (χ2v) is 6.15. The number of esters is 1. The van der Waals surface area contributed by atoms with Crippen LogP contribution >= 0.6 is 0 Å². The molecule has 0 radical (unpaired) electrons. The zero-order valence-corrected chi connectivity index (χ0v) is 14.7. The maximum absolute atomic E-state index is 12.2. The number of carboxylic acid groups (broad SMARTS) is 1. The predicted molar refractivity (Wildman–Crippen MR) is 93.8 cm³/mol. The first kappa shape index (κ1) is 17.6. The zero-order chi connectivity index (χ0) is 19.8. The highest BCUT2D eigenvalue weighted by Gasteiger charge is 2.26. The summed E-state index contributed by atoms with van der Waals surface area (Å²) in [7, 11) is 1.21. The second kappa shape index (κ2) is 6.72. The molecule has 0 aromatic heterocycles. The van der Waals surface area contributed by atoms with Gasteiger partial charge in [-0.05, 0) is 17.7 Å². The lowest BCUT2D eigenvalue weighted by Crippen LogP contribution is -2.19. The van der Waals surface area contributed by atoms with Gasteiger partial charge in [0.2, 0.25) is 6.79 Å². The molecule has 28 heavy (non-hydrogen) atoms. The van der Waals surface area contributed by atoms with Gasteiger partial charge in [-0.2, -0.15) is 5.10 Å². The third kappa shape index (κ3) is 2.94. The van der Waals surface area contributed by atoms with Gasteiger partial charge in [-0.15, -0.1) is 0 Å². The quantitative estimate of drug-likeness (QED) is 0.627. The fraction of sp³-hybridized carbons (Fsp3) is 0.222. The summed E-state index contributed by atoms with van der Waals surface area (Å²) in [6, 6.07) is 4.36. The Hall–Kier alpha value is -3.82. The van der Waals surface area contributed by atoms with Gasteiger partial charge < -0.3 is 23.9 Å². The van der Waals surface area contributed by atoms with Crippen LogP contribution in [0.1, 0.15) is 28.4 Å². The number of carbonyl (C=O) groups excluding carboxylic acids is 1. The highest BCUT2D eigenvalue weighted by Crippen LogP contribution is 2.36. The highest BCUT2D eigenvalue weighted by molar-refractivity contribution is 5.96. The molecule has 3 heterocycles. The van der Waals surface area contributed by atoms with Crippen molar-refractivity contribution in [3.63, 3.8) is 0 Å². The Balaban J connectivity index is 1.89. The van der Waals surface area contributed by atoms with Crippen molar-refractivity contribution in [3.8, 4) is 22.8 Å². The summed E-state index contributed by atoms with van der Waals surface area (Å²) in [5, 5.41) is 15.6. The number of H-pyrrole nitrogens is 1. The molecule has 10 heteroatoms. The Labute approximate surface area is 157 Å². The molecule has 0 amide bonds. The number of rotatable bonds is 5.